The minimum absolute atomic E-state index is 0.0429. The molecule has 0 saturated heterocycles. The van der Waals surface area contributed by atoms with Gasteiger partial charge >= 0.3 is 5.97 Å². The fraction of sp³-hybridized carbons (Fsp3) is 0.227. The molecule has 1 amide bonds. The lowest BCUT2D eigenvalue weighted by Gasteiger charge is -2.06. The molecule has 3 aromatic rings. The van der Waals surface area contributed by atoms with E-state index in [-0.39, 0.29) is 19.0 Å². The van der Waals surface area contributed by atoms with Crippen molar-refractivity contribution >= 4 is 44.9 Å². The molecule has 2 N–H and O–H groups in total. The van der Waals surface area contributed by atoms with Gasteiger partial charge < -0.3 is 19.1 Å². The Kier molecular flexibility index (Phi) is 6.96. The summed E-state index contributed by atoms with van der Waals surface area (Å²) < 4.78 is 13.4. The van der Waals surface area contributed by atoms with Crippen LogP contribution in [0.1, 0.15) is 28.5 Å². The van der Waals surface area contributed by atoms with Gasteiger partial charge in [0, 0.05) is 33.7 Å². The maximum absolute atomic E-state index is 12.4. The van der Waals surface area contributed by atoms with Gasteiger partial charge in [-0.25, -0.2) is 10.2 Å². The predicted octanol–water partition coefficient (Wildman–Crippen LogP) is 3.66. The number of phenols is 1. The monoisotopic (exact) mass is 487 g/mol. The lowest BCUT2D eigenvalue weighted by molar-refractivity contribution is -0.123. The molecule has 0 radical (unpaired) electrons. The van der Waals surface area contributed by atoms with Crippen LogP contribution in [0.2, 0.25) is 0 Å². The van der Waals surface area contributed by atoms with Crippen LogP contribution >= 0.6 is 15.9 Å². The van der Waals surface area contributed by atoms with Crippen LogP contribution in [0.4, 0.5) is 0 Å². The Morgan fingerprint density at radius 1 is 1.26 bits per heavy atom. The molecule has 8 nitrogen and oxygen atoms in total. The number of aryl methyl sites for hydroxylation is 1. The number of aromatic hydroxyl groups is 1. The van der Waals surface area contributed by atoms with E-state index in [1.54, 1.807) is 31.2 Å². The maximum atomic E-state index is 12.4. The number of hydrogen-bond donors (Lipinski definition) is 2. The molecular formula is C22H22BrN3O5. The molecule has 0 bridgehead atoms. The molecular weight excluding hydrogens is 466 g/mol. The average molecular weight is 488 g/mol. The Morgan fingerprint density at radius 2 is 2.03 bits per heavy atom. The molecule has 9 heteroatoms. The third-order valence-corrected chi connectivity index (χ3v) is 5.19. The summed E-state index contributed by atoms with van der Waals surface area (Å²) in [5, 5.41) is 14.3. The molecule has 0 aliphatic rings. The minimum atomic E-state index is -0.472. The molecule has 0 atom stereocenters. The van der Waals surface area contributed by atoms with E-state index in [1.807, 2.05) is 24.6 Å². The number of carbonyl (C=O) groups is 2. The van der Waals surface area contributed by atoms with E-state index >= 15 is 0 Å². The van der Waals surface area contributed by atoms with Crippen LogP contribution in [0.25, 0.3) is 10.9 Å². The van der Waals surface area contributed by atoms with Gasteiger partial charge in [0.25, 0.3) is 5.91 Å². The van der Waals surface area contributed by atoms with Gasteiger partial charge in [0.05, 0.1) is 18.4 Å². The number of ether oxygens (including phenoxy) is 2. The summed E-state index contributed by atoms with van der Waals surface area (Å²) in [6.45, 7) is 3.62. The number of phenolic OH excluding ortho intramolecular Hbond substituents is 1. The van der Waals surface area contributed by atoms with Crippen molar-refractivity contribution in [2.24, 2.45) is 12.1 Å². The predicted molar refractivity (Wildman–Crippen MR) is 121 cm³/mol. The topological polar surface area (TPSA) is 102 Å². The van der Waals surface area contributed by atoms with Gasteiger partial charge in [-0.2, -0.15) is 5.10 Å². The van der Waals surface area contributed by atoms with E-state index in [4.69, 9.17) is 9.47 Å². The van der Waals surface area contributed by atoms with Gasteiger partial charge in [-0.05, 0) is 50.2 Å². The number of halogens is 1. The standard InChI is InChI=1S/C22H22BrN3O5/c1-4-30-22(29)21-13(2)26(3)18-7-6-16(10-17(18)21)31-12-20(28)25-24-11-14-9-15(23)5-8-19(14)27/h5-11,27H,4,12H2,1-3H3,(H,25,28)/b24-11+. The molecule has 3 rings (SSSR count). The quantitative estimate of drug-likeness (QED) is 0.300. The molecule has 162 valence electrons. The molecule has 0 fully saturated rings. The van der Waals surface area contributed by atoms with Crippen molar-refractivity contribution in [1.29, 1.82) is 0 Å². The molecule has 0 spiro atoms. The Balaban J connectivity index is 1.68. The number of carbonyl (C=O) groups excluding carboxylic acids is 2. The molecule has 0 saturated carbocycles. The van der Waals surface area contributed by atoms with Crippen LogP contribution in [-0.4, -0.2) is 41.0 Å². The van der Waals surface area contributed by atoms with Crippen LogP contribution in [0, 0.1) is 6.92 Å². The van der Waals surface area contributed by atoms with Gasteiger partial charge in [0.2, 0.25) is 0 Å². The molecule has 0 unspecified atom stereocenters. The average Bonchev–Trinajstić information content (AvgIpc) is 2.99. The van der Waals surface area contributed by atoms with E-state index in [2.05, 4.69) is 26.5 Å². The highest BCUT2D eigenvalue weighted by atomic mass is 79.9. The number of amides is 1. The van der Waals surface area contributed by atoms with Gasteiger partial charge in [-0.3, -0.25) is 4.79 Å². The molecule has 31 heavy (non-hydrogen) atoms. The maximum Gasteiger partial charge on any atom is 0.340 e. The first-order chi connectivity index (χ1) is 14.8. The number of esters is 1. The summed E-state index contributed by atoms with van der Waals surface area (Å²) in [5.41, 5.74) is 4.92. The van der Waals surface area contributed by atoms with E-state index in [0.717, 1.165) is 15.7 Å². The highest BCUT2D eigenvalue weighted by molar-refractivity contribution is 9.10. The van der Waals surface area contributed by atoms with Gasteiger partial charge in [0.15, 0.2) is 6.61 Å². The number of rotatable bonds is 7. The number of nitrogens with one attached hydrogen (secondary N) is 1. The van der Waals surface area contributed by atoms with E-state index in [0.29, 0.717) is 22.3 Å². The van der Waals surface area contributed by atoms with Crippen LogP contribution in [0.5, 0.6) is 11.5 Å². The molecule has 0 aliphatic carbocycles. The first kappa shape index (κ1) is 22.4. The smallest absolute Gasteiger partial charge is 0.340 e. The van der Waals surface area contributed by atoms with Crippen molar-refractivity contribution in [1.82, 2.24) is 9.99 Å². The third-order valence-electron chi connectivity index (χ3n) is 4.70. The summed E-state index contributed by atoms with van der Waals surface area (Å²) in [5.74, 6) is -0.389. The normalized spacial score (nSPS) is 11.1. The van der Waals surface area contributed by atoms with Gasteiger partial charge in [-0.1, -0.05) is 15.9 Å². The zero-order valence-electron chi connectivity index (χ0n) is 17.3. The fourth-order valence-corrected chi connectivity index (χ4v) is 3.46. The van der Waals surface area contributed by atoms with Gasteiger partial charge in [0.1, 0.15) is 11.5 Å². The first-order valence-electron chi connectivity index (χ1n) is 9.51. The van der Waals surface area contributed by atoms with Crippen LogP contribution < -0.4 is 10.2 Å². The number of aromatic nitrogens is 1. The summed E-state index contributed by atoms with van der Waals surface area (Å²) >= 11 is 3.30. The highest BCUT2D eigenvalue weighted by Crippen LogP contribution is 2.29. The summed E-state index contributed by atoms with van der Waals surface area (Å²) in [6.07, 6.45) is 1.34. The zero-order valence-corrected chi connectivity index (χ0v) is 18.9. The molecule has 1 aromatic heterocycles. The van der Waals surface area contributed by atoms with Crippen LogP contribution in [0.15, 0.2) is 46.0 Å². The van der Waals surface area contributed by atoms with Crippen LogP contribution in [0.3, 0.4) is 0 Å². The number of fused-ring (bicyclic) bond motifs is 1. The van der Waals surface area contributed by atoms with Crippen molar-refractivity contribution in [3.8, 4) is 11.5 Å². The van der Waals surface area contributed by atoms with E-state index in [1.165, 1.54) is 12.3 Å². The summed E-state index contributed by atoms with van der Waals surface area (Å²) in [7, 11) is 1.87. The Hall–Kier alpha value is -3.33. The summed E-state index contributed by atoms with van der Waals surface area (Å²) in [6, 6.07) is 10.1. The second kappa shape index (κ2) is 9.65. The van der Waals surface area contributed by atoms with Crippen molar-refractivity contribution in [3.05, 3.63) is 57.7 Å². The Bertz CT molecular complexity index is 1170. The number of nitrogens with zero attached hydrogens (tertiary/aromatic N) is 2. The molecule has 1 heterocycles. The Labute approximate surface area is 187 Å². The van der Waals surface area contributed by atoms with Crippen molar-refractivity contribution in [2.75, 3.05) is 13.2 Å². The van der Waals surface area contributed by atoms with E-state index < -0.39 is 11.9 Å². The number of hydrogen-bond acceptors (Lipinski definition) is 6. The van der Waals surface area contributed by atoms with Crippen molar-refractivity contribution in [2.45, 2.75) is 13.8 Å². The second-order valence-electron chi connectivity index (χ2n) is 6.70. The Morgan fingerprint density at radius 3 is 2.77 bits per heavy atom. The molecule has 2 aromatic carbocycles. The highest BCUT2D eigenvalue weighted by Gasteiger charge is 2.20. The lowest BCUT2D eigenvalue weighted by atomic mass is 10.1. The SMILES string of the molecule is CCOC(=O)c1c(C)n(C)c2ccc(OCC(=O)N/N=C/c3cc(Br)ccc3O)cc12. The third kappa shape index (κ3) is 5.05. The van der Waals surface area contributed by atoms with Crippen molar-refractivity contribution in [3.63, 3.8) is 0 Å². The van der Waals surface area contributed by atoms with E-state index in [9.17, 15) is 14.7 Å². The second-order valence-corrected chi connectivity index (χ2v) is 7.62. The largest absolute Gasteiger partial charge is 0.507 e. The van der Waals surface area contributed by atoms with Gasteiger partial charge in [-0.15, -0.1) is 0 Å². The first-order valence-corrected chi connectivity index (χ1v) is 10.3. The lowest BCUT2D eigenvalue weighted by Crippen LogP contribution is -2.24. The summed E-state index contributed by atoms with van der Waals surface area (Å²) in [4.78, 5) is 24.4. The minimum Gasteiger partial charge on any atom is -0.507 e. The fourth-order valence-electron chi connectivity index (χ4n) is 3.09. The molecule has 0 aliphatic heterocycles. The number of hydrazone groups is 1. The zero-order chi connectivity index (χ0) is 22.5. The van der Waals surface area contributed by atoms with Crippen molar-refractivity contribution < 1.29 is 24.2 Å². The van der Waals surface area contributed by atoms with Crippen LogP contribution in [-0.2, 0) is 16.6 Å². The number of benzene rings is 2.